The average Bonchev–Trinajstić information content (AvgIpc) is 2.98. The van der Waals surface area contributed by atoms with E-state index in [9.17, 15) is 4.79 Å². The van der Waals surface area contributed by atoms with Crippen molar-refractivity contribution in [3.8, 4) is 5.75 Å². The van der Waals surface area contributed by atoms with E-state index in [-0.39, 0.29) is 5.91 Å². The van der Waals surface area contributed by atoms with Crippen molar-refractivity contribution in [1.29, 1.82) is 0 Å². The predicted molar refractivity (Wildman–Crippen MR) is 118 cm³/mol. The maximum absolute atomic E-state index is 12.7. The SMILES string of the molecule is CCN(CC)c1ccc(/C=C2/SC(=Nc3ccccc3)N(C)C2=O)c(OC)c1. The molecule has 2 aromatic carbocycles. The molecule has 1 aliphatic rings. The number of hydrogen-bond acceptors (Lipinski definition) is 5. The fourth-order valence-electron chi connectivity index (χ4n) is 3.01. The highest BCUT2D eigenvalue weighted by Gasteiger charge is 2.30. The average molecular weight is 396 g/mol. The zero-order valence-electron chi connectivity index (χ0n) is 16.7. The Morgan fingerprint density at radius 2 is 1.86 bits per heavy atom. The molecule has 6 heteroatoms. The molecule has 0 saturated carbocycles. The van der Waals surface area contributed by atoms with E-state index < -0.39 is 0 Å². The van der Waals surface area contributed by atoms with Gasteiger partial charge in [0.15, 0.2) is 5.17 Å². The molecule has 0 spiro atoms. The van der Waals surface area contributed by atoms with E-state index in [2.05, 4.69) is 29.8 Å². The van der Waals surface area contributed by atoms with Crippen LogP contribution in [0.15, 0.2) is 58.4 Å². The van der Waals surface area contributed by atoms with Gasteiger partial charge >= 0.3 is 0 Å². The second kappa shape index (κ2) is 8.97. The van der Waals surface area contributed by atoms with Gasteiger partial charge in [-0.2, -0.15) is 0 Å². The molecule has 3 rings (SSSR count). The van der Waals surface area contributed by atoms with E-state index in [0.717, 1.165) is 35.8 Å². The van der Waals surface area contributed by atoms with Crippen LogP contribution in [-0.2, 0) is 4.79 Å². The van der Waals surface area contributed by atoms with Crippen LogP contribution in [0.4, 0.5) is 11.4 Å². The fraction of sp³-hybridized carbons (Fsp3) is 0.273. The molecule has 1 saturated heterocycles. The second-order valence-corrected chi connectivity index (χ2v) is 7.31. The van der Waals surface area contributed by atoms with Gasteiger partial charge in [0.1, 0.15) is 5.75 Å². The van der Waals surface area contributed by atoms with Gasteiger partial charge in [-0.05, 0) is 56.0 Å². The molecule has 28 heavy (non-hydrogen) atoms. The number of ether oxygens (including phenoxy) is 1. The number of amides is 1. The van der Waals surface area contributed by atoms with Crippen LogP contribution in [0, 0.1) is 0 Å². The number of amidine groups is 1. The molecular weight excluding hydrogens is 370 g/mol. The summed E-state index contributed by atoms with van der Waals surface area (Å²) in [5, 5.41) is 0.668. The van der Waals surface area contributed by atoms with Gasteiger partial charge in [0.05, 0.1) is 17.7 Å². The molecule has 0 unspecified atom stereocenters. The number of nitrogens with zero attached hydrogens (tertiary/aromatic N) is 3. The zero-order valence-corrected chi connectivity index (χ0v) is 17.5. The predicted octanol–water partition coefficient (Wildman–Crippen LogP) is 4.78. The van der Waals surface area contributed by atoms with Gasteiger partial charge in [-0.15, -0.1) is 0 Å². The normalized spacial score (nSPS) is 16.9. The zero-order chi connectivity index (χ0) is 20.1. The first-order chi connectivity index (χ1) is 13.6. The largest absolute Gasteiger partial charge is 0.496 e. The number of carbonyl (C=O) groups excluding carboxylic acids is 1. The quantitative estimate of drug-likeness (QED) is 0.661. The maximum Gasteiger partial charge on any atom is 0.266 e. The summed E-state index contributed by atoms with van der Waals surface area (Å²) in [5.74, 6) is 0.691. The Labute approximate surface area is 170 Å². The lowest BCUT2D eigenvalue weighted by molar-refractivity contribution is -0.121. The lowest BCUT2D eigenvalue weighted by Gasteiger charge is -2.22. The molecule has 146 valence electrons. The molecule has 1 aliphatic heterocycles. The minimum Gasteiger partial charge on any atom is -0.496 e. The minimum absolute atomic E-state index is 0.0606. The van der Waals surface area contributed by atoms with Crippen molar-refractivity contribution in [2.45, 2.75) is 13.8 Å². The second-order valence-electron chi connectivity index (χ2n) is 6.30. The summed E-state index contributed by atoms with van der Waals surface area (Å²) in [4.78, 5) is 21.7. The minimum atomic E-state index is -0.0606. The van der Waals surface area contributed by atoms with Crippen molar-refractivity contribution in [2.24, 2.45) is 4.99 Å². The monoisotopic (exact) mass is 395 g/mol. The Hall–Kier alpha value is -2.73. The van der Waals surface area contributed by atoms with Crippen LogP contribution in [-0.4, -0.2) is 43.2 Å². The molecule has 0 atom stereocenters. The van der Waals surface area contributed by atoms with Crippen molar-refractivity contribution in [1.82, 2.24) is 4.90 Å². The van der Waals surface area contributed by atoms with Crippen LogP contribution in [0.25, 0.3) is 6.08 Å². The third-order valence-electron chi connectivity index (χ3n) is 4.62. The first-order valence-electron chi connectivity index (χ1n) is 9.31. The number of methoxy groups -OCH3 is 1. The summed E-state index contributed by atoms with van der Waals surface area (Å²) in [6.07, 6.45) is 1.88. The molecule has 0 N–H and O–H groups in total. The molecule has 0 bridgehead atoms. The van der Waals surface area contributed by atoms with Crippen molar-refractivity contribution < 1.29 is 9.53 Å². The molecule has 0 radical (unpaired) electrons. The maximum atomic E-state index is 12.7. The molecule has 1 heterocycles. The number of likely N-dealkylation sites (N-methyl/N-ethyl adjacent to an activating group) is 1. The molecule has 0 aliphatic carbocycles. The van der Waals surface area contributed by atoms with Crippen LogP contribution in [0.2, 0.25) is 0 Å². The summed E-state index contributed by atoms with van der Waals surface area (Å²) in [5.41, 5.74) is 2.81. The topological polar surface area (TPSA) is 45.1 Å². The molecular formula is C22H25N3O2S. The highest BCUT2D eigenvalue weighted by molar-refractivity contribution is 8.18. The van der Waals surface area contributed by atoms with Gasteiger partial charge in [-0.1, -0.05) is 18.2 Å². The summed E-state index contributed by atoms with van der Waals surface area (Å²) in [6, 6.07) is 15.7. The number of aliphatic imine (C=N–C) groups is 1. The standard InChI is InChI=1S/C22H25N3O2S/c1-5-25(6-2)18-13-12-16(19(15-18)27-4)14-20-21(26)24(3)22(28-20)23-17-10-8-7-9-11-17/h7-15H,5-6H2,1-4H3/b20-14+,23-22?. The Morgan fingerprint density at radius 1 is 1.14 bits per heavy atom. The van der Waals surface area contributed by atoms with E-state index in [0.29, 0.717) is 10.1 Å². The Balaban J connectivity index is 1.91. The van der Waals surface area contributed by atoms with Crippen LogP contribution in [0.1, 0.15) is 19.4 Å². The number of carbonyl (C=O) groups is 1. The number of anilines is 1. The molecule has 1 fully saturated rings. The number of hydrogen-bond donors (Lipinski definition) is 0. The Kier molecular flexibility index (Phi) is 6.41. The van der Waals surface area contributed by atoms with Gasteiger partial charge < -0.3 is 9.64 Å². The fourth-order valence-corrected chi connectivity index (χ4v) is 3.99. The van der Waals surface area contributed by atoms with E-state index in [1.807, 2.05) is 48.5 Å². The summed E-state index contributed by atoms with van der Waals surface area (Å²) in [7, 11) is 3.40. The van der Waals surface area contributed by atoms with Crippen LogP contribution in [0.3, 0.4) is 0 Å². The third kappa shape index (κ3) is 4.22. The number of rotatable bonds is 6. The van der Waals surface area contributed by atoms with Crippen molar-refractivity contribution in [3.63, 3.8) is 0 Å². The van der Waals surface area contributed by atoms with Crippen LogP contribution in [0.5, 0.6) is 5.75 Å². The number of benzene rings is 2. The lowest BCUT2D eigenvalue weighted by atomic mass is 10.1. The number of para-hydroxylation sites is 1. The molecule has 1 amide bonds. The first kappa shape index (κ1) is 20.0. The molecule has 0 aromatic heterocycles. The van der Waals surface area contributed by atoms with Gasteiger partial charge in [-0.3, -0.25) is 9.69 Å². The van der Waals surface area contributed by atoms with Crippen molar-refractivity contribution in [2.75, 3.05) is 32.1 Å². The first-order valence-corrected chi connectivity index (χ1v) is 10.1. The van der Waals surface area contributed by atoms with E-state index in [4.69, 9.17) is 4.74 Å². The van der Waals surface area contributed by atoms with Crippen molar-refractivity contribution >= 4 is 40.3 Å². The summed E-state index contributed by atoms with van der Waals surface area (Å²) < 4.78 is 5.58. The highest BCUT2D eigenvalue weighted by Crippen LogP contribution is 2.35. The van der Waals surface area contributed by atoms with Gasteiger partial charge in [-0.25, -0.2) is 4.99 Å². The third-order valence-corrected chi connectivity index (χ3v) is 5.68. The smallest absolute Gasteiger partial charge is 0.266 e. The van der Waals surface area contributed by atoms with Crippen LogP contribution >= 0.6 is 11.8 Å². The summed E-state index contributed by atoms with van der Waals surface area (Å²) in [6.45, 7) is 6.11. The van der Waals surface area contributed by atoms with Gasteiger partial charge in [0, 0.05) is 37.5 Å². The number of thioether (sulfide) groups is 1. The van der Waals surface area contributed by atoms with Crippen LogP contribution < -0.4 is 9.64 Å². The van der Waals surface area contributed by atoms with E-state index >= 15 is 0 Å². The highest BCUT2D eigenvalue weighted by atomic mass is 32.2. The van der Waals surface area contributed by atoms with Crippen molar-refractivity contribution in [3.05, 3.63) is 59.0 Å². The molecule has 2 aromatic rings. The Morgan fingerprint density at radius 3 is 2.50 bits per heavy atom. The van der Waals surface area contributed by atoms with E-state index in [1.54, 1.807) is 19.1 Å². The Bertz CT molecular complexity index is 905. The van der Waals surface area contributed by atoms with E-state index in [1.165, 1.54) is 11.8 Å². The van der Waals surface area contributed by atoms with Gasteiger partial charge in [0.25, 0.3) is 5.91 Å². The summed E-state index contributed by atoms with van der Waals surface area (Å²) >= 11 is 1.38. The molecule has 5 nitrogen and oxygen atoms in total. The lowest BCUT2D eigenvalue weighted by Crippen LogP contribution is -2.23. The van der Waals surface area contributed by atoms with Gasteiger partial charge in [0.2, 0.25) is 0 Å².